The van der Waals surface area contributed by atoms with Crippen LogP contribution >= 0.6 is 0 Å². The molecular formula is C21H28O12. The fourth-order valence-electron chi connectivity index (χ4n) is 3.58. The molecule has 33 heavy (non-hydrogen) atoms. The molecule has 7 atom stereocenters. The van der Waals surface area contributed by atoms with Crippen LogP contribution in [0.15, 0.2) is 11.6 Å². The molecule has 1 fully saturated rings. The lowest BCUT2D eigenvalue weighted by Crippen LogP contribution is -2.63. The zero-order valence-electron chi connectivity index (χ0n) is 19.2. The highest BCUT2D eigenvalue weighted by atomic mass is 16.7. The maximum atomic E-state index is 11.8. The molecule has 0 aromatic heterocycles. The molecule has 0 aliphatic carbocycles. The van der Waals surface area contributed by atoms with Gasteiger partial charge in [0, 0.05) is 33.8 Å². The molecule has 0 unspecified atom stereocenters. The second-order valence-electron chi connectivity index (χ2n) is 7.65. The lowest BCUT2D eigenvalue weighted by atomic mass is 9.97. The summed E-state index contributed by atoms with van der Waals surface area (Å²) in [5.41, 5.74) is 0.520. The molecule has 0 spiro atoms. The Bertz CT molecular complexity index is 818. The Kier molecular flexibility index (Phi) is 8.94. The molecule has 0 bridgehead atoms. The van der Waals surface area contributed by atoms with Crippen molar-refractivity contribution in [3.05, 3.63) is 11.6 Å². The van der Waals surface area contributed by atoms with Crippen LogP contribution in [0.1, 0.15) is 41.5 Å². The van der Waals surface area contributed by atoms with Crippen molar-refractivity contribution in [3.8, 4) is 0 Å². The Morgan fingerprint density at radius 2 is 1.42 bits per heavy atom. The number of esters is 5. The van der Waals surface area contributed by atoms with Crippen LogP contribution in [0.25, 0.3) is 0 Å². The summed E-state index contributed by atoms with van der Waals surface area (Å²) in [4.78, 5) is 58.5. The molecule has 2 heterocycles. The van der Waals surface area contributed by atoms with Crippen LogP contribution in [0.2, 0.25) is 0 Å². The smallest absolute Gasteiger partial charge is 0.331 e. The van der Waals surface area contributed by atoms with Crippen LogP contribution in [0.3, 0.4) is 0 Å². The van der Waals surface area contributed by atoms with Crippen LogP contribution in [-0.4, -0.2) is 79.4 Å². The Hall–Kier alpha value is -2.99. The van der Waals surface area contributed by atoms with Gasteiger partial charge in [0.1, 0.15) is 24.9 Å². The van der Waals surface area contributed by atoms with Gasteiger partial charge in [0.15, 0.2) is 24.6 Å². The van der Waals surface area contributed by atoms with E-state index in [4.69, 9.17) is 33.2 Å². The van der Waals surface area contributed by atoms with Crippen LogP contribution in [0.5, 0.6) is 0 Å². The average molecular weight is 472 g/mol. The molecule has 0 N–H and O–H groups in total. The van der Waals surface area contributed by atoms with Crippen LogP contribution < -0.4 is 0 Å². The molecule has 12 heteroatoms. The Morgan fingerprint density at radius 3 is 1.94 bits per heavy atom. The van der Waals surface area contributed by atoms with E-state index in [1.54, 1.807) is 13.8 Å². The average Bonchev–Trinajstić information content (AvgIpc) is 2.66. The molecule has 0 saturated carbocycles. The van der Waals surface area contributed by atoms with E-state index in [9.17, 15) is 24.0 Å². The molecule has 0 aromatic carbocycles. The molecule has 184 valence electrons. The summed E-state index contributed by atoms with van der Waals surface area (Å²) in [7, 11) is 0. The number of ether oxygens (including phenoxy) is 7. The van der Waals surface area contributed by atoms with Gasteiger partial charge in [0.25, 0.3) is 0 Å². The van der Waals surface area contributed by atoms with Crippen molar-refractivity contribution >= 4 is 29.8 Å². The van der Waals surface area contributed by atoms with Gasteiger partial charge in [0.05, 0.1) is 0 Å². The van der Waals surface area contributed by atoms with Crippen LogP contribution in [0, 0.1) is 0 Å². The van der Waals surface area contributed by atoms with Gasteiger partial charge in [-0.15, -0.1) is 0 Å². The highest BCUT2D eigenvalue weighted by Gasteiger charge is 2.53. The number of hydrogen-bond donors (Lipinski definition) is 0. The fourth-order valence-corrected chi connectivity index (χ4v) is 3.58. The lowest BCUT2D eigenvalue weighted by Gasteiger charge is -2.45. The minimum absolute atomic E-state index is 0.373. The fraction of sp³-hybridized carbons (Fsp3) is 0.667. The number of hydrogen-bond acceptors (Lipinski definition) is 12. The van der Waals surface area contributed by atoms with Gasteiger partial charge < -0.3 is 33.2 Å². The molecule has 12 nitrogen and oxygen atoms in total. The van der Waals surface area contributed by atoms with Crippen molar-refractivity contribution in [1.82, 2.24) is 0 Å². The summed E-state index contributed by atoms with van der Waals surface area (Å²) in [5, 5.41) is 0. The van der Waals surface area contributed by atoms with E-state index in [1.165, 1.54) is 13.0 Å². The van der Waals surface area contributed by atoms with E-state index < -0.39 is 72.8 Å². The predicted molar refractivity (Wildman–Crippen MR) is 106 cm³/mol. The molecule has 2 aliphatic heterocycles. The third kappa shape index (κ3) is 7.26. The summed E-state index contributed by atoms with van der Waals surface area (Å²) in [6.45, 7) is 7.43. The summed E-state index contributed by atoms with van der Waals surface area (Å²) in [6, 6.07) is 0. The maximum Gasteiger partial charge on any atom is 0.331 e. The van der Waals surface area contributed by atoms with Crippen molar-refractivity contribution in [2.75, 3.05) is 6.61 Å². The molecular weight excluding hydrogens is 444 g/mol. The Balaban J connectivity index is 2.45. The van der Waals surface area contributed by atoms with Gasteiger partial charge in [-0.25, -0.2) is 4.79 Å². The summed E-state index contributed by atoms with van der Waals surface area (Å²) >= 11 is 0. The second kappa shape index (κ2) is 11.2. The SMILES string of the molecule is CC(=O)OC[C@H]1O[C@@H](O[C@@H]2C(C)=CC(=O)O[C@@H]2C)[C@H](OC(C)=O)[C@@H](OC(C)=O)[C@@H]1OC(C)=O. The summed E-state index contributed by atoms with van der Waals surface area (Å²) < 4.78 is 38.1. The van der Waals surface area contributed by atoms with E-state index in [-0.39, 0.29) is 6.61 Å². The van der Waals surface area contributed by atoms with Gasteiger partial charge in [-0.2, -0.15) is 0 Å². The van der Waals surface area contributed by atoms with Crippen LogP contribution in [-0.2, 0) is 57.1 Å². The van der Waals surface area contributed by atoms with Crippen molar-refractivity contribution in [2.45, 2.75) is 84.5 Å². The van der Waals surface area contributed by atoms with Crippen LogP contribution in [0.4, 0.5) is 0 Å². The third-order valence-electron chi connectivity index (χ3n) is 4.75. The van der Waals surface area contributed by atoms with E-state index in [1.807, 2.05) is 0 Å². The second-order valence-corrected chi connectivity index (χ2v) is 7.65. The number of carbonyl (C=O) groups is 5. The molecule has 0 amide bonds. The largest absolute Gasteiger partial charge is 0.463 e. The van der Waals surface area contributed by atoms with Gasteiger partial charge in [-0.05, 0) is 19.4 Å². The van der Waals surface area contributed by atoms with E-state index in [0.29, 0.717) is 5.57 Å². The van der Waals surface area contributed by atoms with E-state index in [2.05, 4.69) is 0 Å². The number of carbonyl (C=O) groups excluding carboxylic acids is 5. The summed E-state index contributed by atoms with van der Waals surface area (Å²) in [6.07, 6.45) is -6.74. The molecule has 1 saturated heterocycles. The first-order chi connectivity index (χ1) is 15.4. The first kappa shape index (κ1) is 26.3. The monoisotopic (exact) mass is 472 g/mol. The van der Waals surface area contributed by atoms with Gasteiger partial charge in [0.2, 0.25) is 0 Å². The highest BCUT2D eigenvalue weighted by Crippen LogP contribution is 2.32. The Morgan fingerprint density at radius 1 is 0.879 bits per heavy atom. The lowest BCUT2D eigenvalue weighted by molar-refractivity contribution is -0.318. The minimum Gasteiger partial charge on any atom is -0.463 e. The molecule has 2 rings (SSSR count). The number of rotatable bonds is 7. The van der Waals surface area contributed by atoms with Gasteiger partial charge in [-0.3, -0.25) is 19.2 Å². The van der Waals surface area contributed by atoms with Crippen molar-refractivity contribution in [3.63, 3.8) is 0 Å². The van der Waals surface area contributed by atoms with Crippen molar-refractivity contribution in [1.29, 1.82) is 0 Å². The standard InChI is InChI=1S/C21H28O12/c1-9-7-16(26)28-10(2)17(9)33-21-20(31-14(6)25)19(30-13(5)24)18(29-12(4)23)15(32-21)8-27-11(3)22/h7,10,15,17-21H,8H2,1-6H3/t10-,15-,17-,18-,19+,20-,21+/m1/s1. The third-order valence-corrected chi connectivity index (χ3v) is 4.75. The van der Waals surface area contributed by atoms with E-state index in [0.717, 1.165) is 20.8 Å². The molecule has 0 radical (unpaired) electrons. The van der Waals surface area contributed by atoms with Gasteiger partial charge in [-0.1, -0.05) is 0 Å². The summed E-state index contributed by atoms with van der Waals surface area (Å²) in [5.74, 6) is -3.40. The zero-order chi connectivity index (χ0) is 24.9. The van der Waals surface area contributed by atoms with Crippen molar-refractivity contribution in [2.24, 2.45) is 0 Å². The minimum atomic E-state index is -1.36. The first-order valence-electron chi connectivity index (χ1n) is 10.2. The molecule has 0 aromatic rings. The normalized spacial score (nSPS) is 31.5. The predicted octanol–water partition coefficient (Wildman–Crippen LogP) is 0.346. The number of cyclic esters (lactones) is 1. The van der Waals surface area contributed by atoms with Gasteiger partial charge >= 0.3 is 29.8 Å². The topological polar surface area (TPSA) is 150 Å². The first-order valence-corrected chi connectivity index (χ1v) is 10.2. The Labute approximate surface area is 190 Å². The van der Waals surface area contributed by atoms with E-state index >= 15 is 0 Å². The quantitative estimate of drug-likeness (QED) is 0.371. The van der Waals surface area contributed by atoms with Crippen molar-refractivity contribution < 1.29 is 57.1 Å². The highest BCUT2D eigenvalue weighted by molar-refractivity contribution is 5.84. The zero-order valence-corrected chi connectivity index (χ0v) is 19.2. The maximum absolute atomic E-state index is 11.8. The molecule has 2 aliphatic rings.